The monoisotopic (exact) mass is 733 g/mol. The molecule has 17 nitrogen and oxygen atoms in total. The Hall–Kier alpha value is -3.22. The topological polar surface area (TPSA) is 340 Å². The van der Waals surface area contributed by atoms with E-state index in [-0.39, 0.29) is 18.8 Å². The molecular weight excluding hydrogens is 670 g/mol. The summed E-state index contributed by atoms with van der Waals surface area (Å²) in [5.41, 5.74) is 4.27. The molecule has 0 aliphatic rings. The van der Waals surface area contributed by atoms with Crippen molar-refractivity contribution < 1.29 is 59.4 Å². The van der Waals surface area contributed by atoms with E-state index in [1.54, 1.807) is 27.7 Å². The molecule has 51 heavy (non-hydrogen) atoms. The summed E-state index contributed by atoms with van der Waals surface area (Å²) < 4.78 is 0. The third-order valence-electron chi connectivity index (χ3n) is 10.2. The van der Waals surface area contributed by atoms with Crippen LogP contribution in [0.3, 0.4) is 0 Å². The zero-order chi connectivity index (χ0) is 41.0. The lowest BCUT2D eigenvalue weighted by Gasteiger charge is -2.66. The summed E-state index contributed by atoms with van der Waals surface area (Å²) in [6.07, 6.45) is -4.38. The molecule has 0 saturated heterocycles. The molecule has 0 radical (unpaired) electrons. The molecule has 0 fully saturated rings. The van der Waals surface area contributed by atoms with Crippen molar-refractivity contribution in [3.05, 3.63) is 0 Å². The number of nitrogens with two attached hydrogens (primary N) is 4. The largest absolute Gasteiger partial charge is 0.480 e. The molecule has 296 valence electrons. The first-order chi connectivity index (χ1) is 22.8. The van der Waals surface area contributed by atoms with Crippen molar-refractivity contribution in [2.45, 2.75) is 142 Å². The number of aliphatic hydroxyl groups excluding tert-OH is 1. The van der Waals surface area contributed by atoms with Crippen LogP contribution in [-0.4, -0.2) is 106 Å². The van der Waals surface area contributed by atoms with E-state index in [1.807, 2.05) is 0 Å². The highest BCUT2D eigenvalue weighted by atomic mass is 16.4. The van der Waals surface area contributed by atoms with Crippen LogP contribution in [0, 0.1) is 35.0 Å². The summed E-state index contributed by atoms with van der Waals surface area (Å²) in [6.45, 7) is 14.8. The predicted molar refractivity (Wildman–Crippen MR) is 187 cm³/mol. The highest BCUT2D eigenvalue weighted by molar-refractivity contribution is 6.12. The standard InChI is InChI=1S/C34H63N5O12/c1-16(2)12-21(35)22(40)14-23(41)31(26(45)46,29(11,36)25(43)44)34(51,32(38,19(7)8)27(47)48)30(37,15-18(5)6)33(20(9)10,28(49)50)39-24(42)13-17(3)4/h16-22,40,51H,12-15,35-38H2,1-11H3,(H,39,42)(H,43,44)(H,45,46)(H,47,48)(H,49,50)/t21-,22-,29+,30-,31-,32+,33+,34+/m0/s1. The summed E-state index contributed by atoms with van der Waals surface area (Å²) in [6, 6.07) is -1.23. The van der Waals surface area contributed by atoms with Crippen LogP contribution in [0.15, 0.2) is 0 Å². The van der Waals surface area contributed by atoms with Gasteiger partial charge < -0.3 is 58.9 Å². The average molecular weight is 734 g/mol. The van der Waals surface area contributed by atoms with Gasteiger partial charge in [-0.3, -0.25) is 24.0 Å². The lowest BCUT2D eigenvalue weighted by molar-refractivity contribution is -0.245. The van der Waals surface area contributed by atoms with Gasteiger partial charge in [0, 0.05) is 18.9 Å². The van der Waals surface area contributed by atoms with Gasteiger partial charge in [0.05, 0.1) is 11.6 Å². The fraction of sp³-hybridized carbons (Fsp3) is 0.824. The maximum absolute atomic E-state index is 14.9. The maximum atomic E-state index is 14.9. The molecule has 0 unspecified atom stereocenters. The first-order valence-electron chi connectivity index (χ1n) is 17.1. The van der Waals surface area contributed by atoms with Crippen LogP contribution < -0.4 is 28.3 Å². The Morgan fingerprint density at radius 1 is 0.667 bits per heavy atom. The van der Waals surface area contributed by atoms with Crippen molar-refractivity contribution in [3.63, 3.8) is 0 Å². The number of carbonyl (C=O) groups excluding carboxylic acids is 2. The number of aliphatic carboxylic acids is 4. The van der Waals surface area contributed by atoms with Gasteiger partial charge in [-0.15, -0.1) is 0 Å². The Morgan fingerprint density at radius 3 is 1.43 bits per heavy atom. The Bertz CT molecular complexity index is 1320. The second-order valence-electron chi connectivity index (χ2n) is 16.1. The highest BCUT2D eigenvalue weighted by Crippen LogP contribution is 2.59. The zero-order valence-electron chi connectivity index (χ0n) is 31.8. The molecule has 15 N–H and O–H groups in total. The number of ketones is 1. The van der Waals surface area contributed by atoms with E-state index in [1.165, 1.54) is 27.7 Å². The molecule has 0 spiro atoms. The molecule has 0 aliphatic carbocycles. The molecule has 0 bridgehead atoms. The van der Waals surface area contributed by atoms with Crippen LogP contribution in [0.1, 0.15) is 102 Å². The first kappa shape index (κ1) is 47.8. The van der Waals surface area contributed by atoms with E-state index < -0.39 is 117 Å². The normalized spacial score (nSPS) is 20.7. The van der Waals surface area contributed by atoms with E-state index in [0.29, 0.717) is 6.92 Å². The molecule has 0 aromatic heterocycles. The van der Waals surface area contributed by atoms with Crippen molar-refractivity contribution in [2.24, 2.45) is 57.9 Å². The predicted octanol–water partition coefficient (Wildman–Crippen LogP) is 0.107. The van der Waals surface area contributed by atoms with E-state index in [4.69, 9.17) is 22.9 Å². The lowest BCUT2D eigenvalue weighted by Crippen LogP contribution is -2.96. The van der Waals surface area contributed by atoms with Gasteiger partial charge in [0.15, 0.2) is 16.7 Å². The number of hydrogen-bond donors (Lipinski definition) is 11. The Labute approximate surface area is 299 Å². The number of rotatable bonds is 22. The third kappa shape index (κ3) is 7.78. The van der Waals surface area contributed by atoms with E-state index in [9.17, 15) is 59.4 Å². The van der Waals surface area contributed by atoms with Crippen LogP contribution >= 0.6 is 0 Å². The van der Waals surface area contributed by atoms with Gasteiger partial charge in [-0.1, -0.05) is 69.2 Å². The van der Waals surface area contributed by atoms with Gasteiger partial charge in [0.2, 0.25) is 5.91 Å². The fourth-order valence-corrected chi connectivity index (χ4v) is 7.69. The Balaban J connectivity index is 9.58. The zero-order valence-corrected chi connectivity index (χ0v) is 31.8. The highest BCUT2D eigenvalue weighted by Gasteiger charge is 2.87. The van der Waals surface area contributed by atoms with Crippen molar-refractivity contribution in [1.82, 2.24) is 5.32 Å². The summed E-state index contributed by atoms with van der Waals surface area (Å²) in [4.78, 5) is 83.1. The summed E-state index contributed by atoms with van der Waals surface area (Å²) in [5.74, 6) is -16.4. The lowest BCUT2D eigenvalue weighted by atomic mass is 9.40. The number of carbonyl (C=O) groups is 6. The third-order valence-corrected chi connectivity index (χ3v) is 10.2. The number of carboxylic acid groups (broad SMARTS) is 4. The minimum atomic E-state index is -4.25. The van der Waals surface area contributed by atoms with Crippen molar-refractivity contribution in [1.29, 1.82) is 0 Å². The van der Waals surface area contributed by atoms with Crippen LogP contribution in [0.2, 0.25) is 0 Å². The molecule has 0 saturated carbocycles. The van der Waals surface area contributed by atoms with Crippen molar-refractivity contribution >= 4 is 35.6 Å². The Kier molecular flexibility index (Phi) is 15.6. The van der Waals surface area contributed by atoms with Gasteiger partial charge in [-0.2, -0.15) is 0 Å². The first-order valence-corrected chi connectivity index (χ1v) is 17.1. The molecular formula is C34H63N5O12. The SMILES string of the molecule is CC(C)CC(=O)N[C@@](C(=O)O)(C(C)C)[C@@](N)(CC(C)C)[C@@](O)([C@](C(=O)O)(C(=O)C[C@H](O)[C@@H](N)CC(C)C)[C@](C)(N)C(=O)O)[C@](N)(C(=O)O)C(C)C. The molecule has 8 atom stereocenters. The number of nitrogens with one attached hydrogen (secondary N) is 1. The Morgan fingerprint density at radius 2 is 1.14 bits per heavy atom. The minimum Gasteiger partial charge on any atom is -0.480 e. The summed E-state index contributed by atoms with van der Waals surface area (Å²) in [5, 5.41) is 71.2. The second-order valence-corrected chi connectivity index (χ2v) is 16.1. The molecule has 17 heteroatoms. The molecule has 1 amide bonds. The number of aliphatic hydroxyl groups is 2. The van der Waals surface area contributed by atoms with Gasteiger partial charge in [0.25, 0.3) is 0 Å². The number of carboxylic acids is 4. The molecule has 0 aliphatic heterocycles. The number of Topliss-reactive ketones (excluding diaryl/α,β-unsaturated/α-hetero) is 1. The number of hydrogen-bond acceptors (Lipinski definition) is 12. The molecule has 0 heterocycles. The van der Waals surface area contributed by atoms with Crippen LogP contribution in [-0.2, 0) is 28.8 Å². The van der Waals surface area contributed by atoms with Gasteiger partial charge >= 0.3 is 23.9 Å². The van der Waals surface area contributed by atoms with Crippen LogP contribution in [0.5, 0.6) is 0 Å². The smallest absolute Gasteiger partial charge is 0.331 e. The summed E-state index contributed by atoms with van der Waals surface area (Å²) in [7, 11) is 0. The molecule has 0 aromatic rings. The van der Waals surface area contributed by atoms with Crippen LogP contribution in [0.4, 0.5) is 0 Å². The minimum absolute atomic E-state index is 0.0745. The number of amides is 1. The van der Waals surface area contributed by atoms with E-state index in [2.05, 4.69) is 5.32 Å². The molecule has 0 rings (SSSR count). The van der Waals surface area contributed by atoms with Crippen LogP contribution in [0.25, 0.3) is 0 Å². The van der Waals surface area contributed by atoms with Crippen molar-refractivity contribution in [3.8, 4) is 0 Å². The fourth-order valence-electron chi connectivity index (χ4n) is 7.69. The average Bonchev–Trinajstić information content (AvgIpc) is 2.92. The quantitative estimate of drug-likeness (QED) is 0.0657. The van der Waals surface area contributed by atoms with E-state index >= 15 is 0 Å². The van der Waals surface area contributed by atoms with E-state index in [0.717, 1.165) is 13.8 Å². The van der Waals surface area contributed by atoms with Gasteiger partial charge in [0.1, 0.15) is 16.7 Å². The maximum Gasteiger partial charge on any atom is 0.331 e. The summed E-state index contributed by atoms with van der Waals surface area (Å²) >= 11 is 0. The van der Waals surface area contributed by atoms with Gasteiger partial charge in [-0.25, -0.2) is 4.79 Å². The second kappa shape index (κ2) is 16.6. The molecule has 0 aromatic carbocycles. The van der Waals surface area contributed by atoms with Gasteiger partial charge in [-0.05, 0) is 49.4 Å². The van der Waals surface area contributed by atoms with Crippen molar-refractivity contribution in [2.75, 3.05) is 0 Å².